The Bertz CT molecular complexity index is 233. The van der Waals surface area contributed by atoms with Gasteiger partial charge in [-0.2, -0.15) is 0 Å². The van der Waals surface area contributed by atoms with E-state index in [1.807, 2.05) is 0 Å². The lowest BCUT2D eigenvalue weighted by atomic mass is 10.0. The van der Waals surface area contributed by atoms with E-state index in [1.54, 1.807) is 6.92 Å². The van der Waals surface area contributed by atoms with Crippen molar-refractivity contribution in [3.8, 4) is 0 Å². The lowest BCUT2D eigenvalue weighted by Gasteiger charge is -2.18. The first kappa shape index (κ1) is 12.6. The van der Waals surface area contributed by atoms with Crippen LogP contribution in [0.15, 0.2) is 11.8 Å². The van der Waals surface area contributed by atoms with Crippen LogP contribution < -0.4 is 0 Å². The Labute approximate surface area is 82.3 Å². The number of ether oxygens (including phenoxy) is 2. The summed E-state index contributed by atoms with van der Waals surface area (Å²) in [5.41, 5.74) is 0. The molecular weight excluding hydrogens is 188 g/mol. The number of methoxy groups -OCH3 is 2. The van der Waals surface area contributed by atoms with Crippen molar-refractivity contribution >= 4 is 12.3 Å². The first-order chi connectivity index (χ1) is 6.56. The van der Waals surface area contributed by atoms with Crippen LogP contribution in [-0.2, 0) is 19.1 Å². The molecule has 0 spiro atoms. The molecule has 0 amide bonds. The fraction of sp³-hybridized carbons (Fsp3) is 0.556. The maximum Gasteiger partial charge on any atom is 0.331 e. The molecule has 0 fully saturated rings. The van der Waals surface area contributed by atoms with Gasteiger partial charge in [-0.15, -0.1) is 0 Å². The topological polar surface area (TPSA) is 72.8 Å². The van der Waals surface area contributed by atoms with Gasteiger partial charge >= 0.3 is 5.97 Å². The largest absolute Gasteiger partial charge is 0.500 e. The summed E-state index contributed by atoms with van der Waals surface area (Å²) in [4.78, 5) is 20.9. The monoisotopic (exact) mass is 202 g/mol. The Morgan fingerprint density at radius 3 is 2.29 bits per heavy atom. The zero-order chi connectivity index (χ0) is 11.1. The number of carboxylic acid groups (broad SMARTS) is 1. The number of aliphatic carboxylic acids is 1. The van der Waals surface area contributed by atoms with Crippen LogP contribution in [0.4, 0.5) is 0 Å². The molecule has 0 saturated heterocycles. The molecule has 1 N–H and O–H groups in total. The fourth-order valence-electron chi connectivity index (χ4n) is 1.04. The molecule has 0 aliphatic rings. The molecule has 0 aromatic carbocycles. The minimum atomic E-state index is -1.12. The first-order valence-electron chi connectivity index (χ1n) is 4.03. The van der Waals surface area contributed by atoms with Gasteiger partial charge in [-0.25, -0.2) is 4.79 Å². The van der Waals surface area contributed by atoms with E-state index in [4.69, 9.17) is 14.6 Å². The number of hydrogen-bond donors (Lipinski definition) is 1. The summed E-state index contributed by atoms with van der Waals surface area (Å²) in [6.07, 6.45) is 0.833. The molecule has 2 atom stereocenters. The Balaban J connectivity index is 4.67. The molecule has 0 radical (unpaired) electrons. The molecule has 0 bridgehead atoms. The molecule has 0 heterocycles. The number of carbonyl (C=O) groups is 2. The Hall–Kier alpha value is -1.36. The molecular formula is C9H14O5. The van der Waals surface area contributed by atoms with Crippen molar-refractivity contribution in [2.24, 2.45) is 5.92 Å². The summed E-state index contributed by atoms with van der Waals surface area (Å²) >= 11 is 0. The Morgan fingerprint density at radius 1 is 1.43 bits per heavy atom. The third-order valence-corrected chi connectivity index (χ3v) is 1.85. The normalized spacial score (nSPS) is 15.8. The zero-order valence-corrected chi connectivity index (χ0v) is 8.39. The van der Waals surface area contributed by atoms with Crippen molar-refractivity contribution < 1.29 is 24.2 Å². The van der Waals surface area contributed by atoms with Gasteiger partial charge in [0.1, 0.15) is 18.1 Å². The van der Waals surface area contributed by atoms with Gasteiger partial charge in [0.2, 0.25) is 0 Å². The molecule has 0 aliphatic heterocycles. The molecule has 0 aliphatic carbocycles. The van der Waals surface area contributed by atoms with Crippen molar-refractivity contribution in [1.29, 1.82) is 0 Å². The summed E-state index contributed by atoms with van der Waals surface area (Å²) in [7, 11) is 2.73. The average Bonchev–Trinajstić information content (AvgIpc) is 2.15. The van der Waals surface area contributed by atoms with Crippen LogP contribution in [0.25, 0.3) is 0 Å². The average molecular weight is 202 g/mol. The van der Waals surface area contributed by atoms with E-state index in [9.17, 15) is 9.59 Å². The van der Waals surface area contributed by atoms with Crippen LogP contribution in [0.1, 0.15) is 6.92 Å². The quantitative estimate of drug-likeness (QED) is 0.384. The molecule has 0 aromatic rings. The highest BCUT2D eigenvalue weighted by atomic mass is 16.5. The molecule has 80 valence electrons. The molecule has 0 saturated carbocycles. The smallest absolute Gasteiger partial charge is 0.331 e. The lowest BCUT2D eigenvalue weighted by molar-refractivity contribution is -0.132. The van der Waals surface area contributed by atoms with Gasteiger partial charge in [0, 0.05) is 13.0 Å². The van der Waals surface area contributed by atoms with E-state index in [2.05, 4.69) is 0 Å². The number of rotatable bonds is 6. The van der Waals surface area contributed by atoms with E-state index in [1.165, 1.54) is 14.2 Å². The third kappa shape index (κ3) is 3.57. The Kier molecular flexibility index (Phi) is 5.55. The SMILES string of the molecule is COC(=CC(=O)O)C(C)C(C=O)OC. The van der Waals surface area contributed by atoms with E-state index in [0.717, 1.165) is 6.08 Å². The van der Waals surface area contributed by atoms with Crippen LogP contribution in [-0.4, -0.2) is 37.7 Å². The van der Waals surface area contributed by atoms with Crippen molar-refractivity contribution in [2.45, 2.75) is 13.0 Å². The second-order valence-electron chi connectivity index (χ2n) is 2.71. The second kappa shape index (κ2) is 6.15. The van der Waals surface area contributed by atoms with Crippen LogP contribution in [0.2, 0.25) is 0 Å². The Morgan fingerprint density at radius 2 is 2.00 bits per heavy atom. The minimum absolute atomic E-state index is 0.205. The number of hydrogen-bond acceptors (Lipinski definition) is 4. The number of carboxylic acids is 1. The van der Waals surface area contributed by atoms with Gasteiger partial charge in [-0.3, -0.25) is 0 Å². The number of aldehydes is 1. The summed E-state index contributed by atoms with van der Waals surface area (Å²) < 4.78 is 9.69. The van der Waals surface area contributed by atoms with Crippen LogP contribution in [0.3, 0.4) is 0 Å². The molecule has 0 rings (SSSR count). The molecule has 5 heteroatoms. The minimum Gasteiger partial charge on any atom is -0.500 e. The lowest BCUT2D eigenvalue weighted by Crippen LogP contribution is -2.24. The van der Waals surface area contributed by atoms with Crippen LogP contribution in [0.5, 0.6) is 0 Å². The van der Waals surface area contributed by atoms with E-state index in [0.29, 0.717) is 6.29 Å². The van der Waals surface area contributed by atoms with Gasteiger partial charge in [-0.1, -0.05) is 6.92 Å². The maximum atomic E-state index is 10.5. The van der Waals surface area contributed by atoms with Gasteiger partial charge in [0.25, 0.3) is 0 Å². The van der Waals surface area contributed by atoms with Gasteiger partial charge < -0.3 is 19.4 Å². The maximum absolute atomic E-state index is 10.5. The van der Waals surface area contributed by atoms with Crippen molar-refractivity contribution in [3.05, 3.63) is 11.8 Å². The molecule has 2 unspecified atom stereocenters. The predicted octanol–water partition coefficient (Wildman–Crippen LogP) is 0.451. The van der Waals surface area contributed by atoms with Crippen LogP contribution in [0, 0.1) is 5.92 Å². The van der Waals surface area contributed by atoms with E-state index in [-0.39, 0.29) is 5.76 Å². The van der Waals surface area contributed by atoms with Gasteiger partial charge in [-0.05, 0) is 0 Å². The van der Waals surface area contributed by atoms with Gasteiger partial charge in [0.15, 0.2) is 0 Å². The second-order valence-corrected chi connectivity index (χ2v) is 2.71. The zero-order valence-electron chi connectivity index (χ0n) is 8.39. The summed E-state index contributed by atoms with van der Waals surface area (Å²) in [6, 6.07) is 0. The summed E-state index contributed by atoms with van der Waals surface area (Å²) in [5.74, 6) is -1.33. The number of carbonyl (C=O) groups excluding carboxylic acids is 1. The molecule has 5 nitrogen and oxygen atoms in total. The summed E-state index contributed by atoms with van der Waals surface area (Å²) in [5, 5.41) is 8.51. The van der Waals surface area contributed by atoms with Crippen molar-refractivity contribution in [1.82, 2.24) is 0 Å². The highest BCUT2D eigenvalue weighted by Gasteiger charge is 2.21. The first-order valence-corrected chi connectivity index (χ1v) is 4.03. The van der Waals surface area contributed by atoms with Crippen molar-refractivity contribution in [3.63, 3.8) is 0 Å². The van der Waals surface area contributed by atoms with E-state index >= 15 is 0 Å². The van der Waals surface area contributed by atoms with Gasteiger partial charge in [0.05, 0.1) is 13.2 Å². The highest BCUT2D eigenvalue weighted by molar-refractivity contribution is 5.80. The highest BCUT2D eigenvalue weighted by Crippen LogP contribution is 2.16. The predicted molar refractivity (Wildman–Crippen MR) is 48.8 cm³/mol. The summed E-state index contributed by atoms with van der Waals surface area (Å²) in [6.45, 7) is 1.65. The van der Waals surface area contributed by atoms with Crippen LogP contribution >= 0.6 is 0 Å². The fourth-order valence-corrected chi connectivity index (χ4v) is 1.04. The molecule has 0 aromatic heterocycles. The van der Waals surface area contributed by atoms with Crippen molar-refractivity contribution in [2.75, 3.05) is 14.2 Å². The third-order valence-electron chi connectivity index (χ3n) is 1.85. The standard InChI is InChI=1S/C9H14O5/c1-6(8(5-10)14-3)7(13-2)4-9(11)12/h4-6,8H,1-3H3,(H,11,12). The van der Waals surface area contributed by atoms with E-state index < -0.39 is 18.0 Å². The molecule has 14 heavy (non-hydrogen) atoms.